The van der Waals surface area contributed by atoms with Gasteiger partial charge in [-0.05, 0) is 29.6 Å². The molecule has 10 nitrogen and oxygen atoms in total. The molecule has 14 heteroatoms. The molecule has 0 aliphatic carbocycles. The summed E-state index contributed by atoms with van der Waals surface area (Å²) in [4.78, 5) is 36.5. The predicted octanol–water partition coefficient (Wildman–Crippen LogP) is 3.01. The zero-order chi connectivity index (χ0) is 24.9. The molecular formula is C20H17F3N4O6S. The summed E-state index contributed by atoms with van der Waals surface area (Å²) in [6, 6.07) is 6.48. The zero-order valence-corrected chi connectivity index (χ0v) is 18.0. The topological polar surface area (TPSA) is 146 Å². The van der Waals surface area contributed by atoms with Gasteiger partial charge in [-0.1, -0.05) is 11.2 Å². The third-order valence-corrected chi connectivity index (χ3v) is 5.23. The van der Waals surface area contributed by atoms with Crippen LogP contribution in [0.15, 0.2) is 45.6 Å². The molecule has 1 aliphatic heterocycles. The van der Waals surface area contributed by atoms with Crippen LogP contribution in [-0.2, 0) is 20.6 Å². The lowest BCUT2D eigenvalue weighted by Gasteiger charge is -2.36. The Labute approximate surface area is 193 Å². The van der Waals surface area contributed by atoms with Gasteiger partial charge in [0.25, 0.3) is 0 Å². The minimum atomic E-state index is -4.45. The number of nitrogens with one attached hydrogen (secondary N) is 1. The van der Waals surface area contributed by atoms with Gasteiger partial charge in [0.1, 0.15) is 0 Å². The van der Waals surface area contributed by atoms with E-state index in [1.54, 1.807) is 11.3 Å². The fourth-order valence-corrected chi connectivity index (χ4v) is 3.58. The number of aromatic nitrogens is 2. The first kappa shape index (κ1) is 24.9. The molecule has 0 bridgehead atoms. The Hall–Kier alpha value is -3.78. The number of carbonyl (C=O) groups excluding carboxylic acids is 1. The van der Waals surface area contributed by atoms with Gasteiger partial charge in [-0.2, -0.15) is 29.5 Å². The van der Waals surface area contributed by atoms with Crippen LogP contribution in [0, 0.1) is 0 Å². The second-order valence-corrected chi connectivity index (χ2v) is 7.88. The molecule has 2 aromatic heterocycles. The number of nitrogens with zero attached hydrogens (tertiary/aromatic N) is 3. The second-order valence-electron chi connectivity index (χ2n) is 7.10. The van der Waals surface area contributed by atoms with E-state index in [1.165, 1.54) is 12.1 Å². The largest absolute Gasteiger partial charge is 0.473 e. The van der Waals surface area contributed by atoms with E-state index >= 15 is 0 Å². The highest BCUT2D eigenvalue weighted by Gasteiger charge is 2.34. The summed E-state index contributed by atoms with van der Waals surface area (Å²) < 4.78 is 43.5. The van der Waals surface area contributed by atoms with E-state index in [9.17, 15) is 18.0 Å². The average molecular weight is 498 g/mol. The number of alkyl halides is 3. The summed E-state index contributed by atoms with van der Waals surface area (Å²) in [5.41, 5.74) is 0.220. The highest BCUT2D eigenvalue weighted by Crippen LogP contribution is 2.31. The first-order chi connectivity index (χ1) is 16.0. The van der Waals surface area contributed by atoms with Crippen LogP contribution in [0.5, 0.6) is 0 Å². The van der Waals surface area contributed by atoms with Gasteiger partial charge in [-0.15, -0.1) is 0 Å². The van der Waals surface area contributed by atoms with E-state index in [0.717, 1.165) is 17.7 Å². The van der Waals surface area contributed by atoms with Gasteiger partial charge < -0.3 is 20.1 Å². The van der Waals surface area contributed by atoms with Crippen molar-refractivity contribution in [3.63, 3.8) is 0 Å². The summed E-state index contributed by atoms with van der Waals surface area (Å²) in [5.74, 6) is -2.92. The smallest absolute Gasteiger partial charge is 0.416 e. The minimum absolute atomic E-state index is 0.0428. The SMILES string of the molecule is O=C(CN1CC(c2nc(-c3ccsc3)no2)C1)Nc1cccc(C(F)(F)F)c1.O=C(O)C(=O)O. The Morgan fingerprint density at radius 3 is 2.47 bits per heavy atom. The maximum atomic E-state index is 12.7. The molecule has 180 valence electrons. The number of aliphatic carboxylic acids is 2. The van der Waals surface area contributed by atoms with E-state index in [2.05, 4.69) is 15.5 Å². The molecule has 0 spiro atoms. The number of anilines is 1. The maximum Gasteiger partial charge on any atom is 0.416 e. The van der Waals surface area contributed by atoms with Crippen LogP contribution < -0.4 is 5.32 Å². The lowest BCUT2D eigenvalue weighted by molar-refractivity contribution is -0.159. The van der Waals surface area contributed by atoms with Crippen molar-refractivity contribution >= 4 is 34.9 Å². The number of rotatable bonds is 5. The molecule has 3 aromatic rings. The Kier molecular flexibility index (Phi) is 7.63. The molecule has 1 aromatic carbocycles. The van der Waals surface area contributed by atoms with Crippen LogP contribution >= 0.6 is 11.3 Å². The summed E-state index contributed by atoms with van der Waals surface area (Å²) in [6.45, 7) is 1.22. The molecule has 0 atom stereocenters. The van der Waals surface area contributed by atoms with Crippen molar-refractivity contribution in [2.45, 2.75) is 12.1 Å². The van der Waals surface area contributed by atoms with E-state index < -0.39 is 23.7 Å². The molecule has 0 unspecified atom stereocenters. The molecular weight excluding hydrogens is 481 g/mol. The number of amides is 1. The molecule has 34 heavy (non-hydrogen) atoms. The standard InChI is InChI=1S/C18H15F3N4O2S.C2H2O4/c19-18(20,21)13-2-1-3-14(6-13)22-15(26)9-25-7-12(8-25)17-23-16(24-27-17)11-4-5-28-10-11;3-1(4)2(5)6/h1-6,10,12H,7-9H2,(H,22,26);(H,3,4)(H,5,6). The second kappa shape index (κ2) is 10.4. The van der Waals surface area contributed by atoms with Gasteiger partial charge in [0, 0.05) is 29.7 Å². The third-order valence-electron chi connectivity index (χ3n) is 4.55. The normalized spacial score (nSPS) is 14.0. The number of carbonyl (C=O) groups is 3. The van der Waals surface area contributed by atoms with Crippen molar-refractivity contribution in [3.8, 4) is 11.4 Å². The number of benzene rings is 1. The van der Waals surface area contributed by atoms with Crippen molar-refractivity contribution in [1.29, 1.82) is 0 Å². The summed E-state index contributed by atoms with van der Waals surface area (Å²) in [6.07, 6.45) is -4.45. The van der Waals surface area contributed by atoms with E-state index in [4.69, 9.17) is 24.3 Å². The van der Waals surface area contributed by atoms with Crippen molar-refractivity contribution in [3.05, 3.63) is 52.5 Å². The molecule has 4 rings (SSSR count). The average Bonchev–Trinajstić information content (AvgIpc) is 3.42. The van der Waals surface area contributed by atoms with Crippen molar-refractivity contribution in [1.82, 2.24) is 15.0 Å². The molecule has 1 amide bonds. The van der Waals surface area contributed by atoms with Crippen LogP contribution in [0.2, 0.25) is 0 Å². The lowest BCUT2D eigenvalue weighted by Crippen LogP contribution is -2.48. The van der Waals surface area contributed by atoms with Crippen LogP contribution in [0.25, 0.3) is 11.4 Å². The molecule has 3 heterocycles. The Morgan fingerprint density at radius 1 is 1.18 bits per heavy atom. The van der Waals surface area contributed by atoms with E-state index in [-0.39, 0.29) is 24.1 Å². The zero-order valence-electron chi connectivity index (χ0n) is 17.2. The Balaban J connectivity index is 0.000000481. The third kappa shape index (κ3) is 6.62. The first-order valence-corrected chi connectivity index (χ1v) is 10.5. The Morgan fingerprint density at radius 2 is 1.88 bits per heavy atom. The van der Waals surface area contributed by atoms with Crippen molar-refractivity contribution in [2.75, 3.05) is 25.0 Å². The predicted molar refractivity (Wildman–Crippen MR) is 112 cm³/mol. The number of hydrogen-bond donors (Lipinski definition) is 3. The number of hydrogen-bond acceptors (Lipinski definition) is 8. The van der Waals surface area contributed by atoms with Gasteiger partial charge in [0.2, 0.25) is 17.6 Å². The fourth-order valence-electron chi connectivity index (χ4n) is 2.94. The maximum absolute atomic E-state index is 12.7. The van der Waals surface area contributed by atoms with Crippen LogP contribution in [0.1, 0.15) is 17.4 Å². The van der Waals surface area contributed by atoms with Gasteiger partial charge >= 0.3 is 18.1 Å². The minimum Gasteiger partial charge on any atom is -0.473 e. The van der Waals surface area contributed by atoms with Crippen molar-refractivity contribution in [2.24, 2.45) is 0 Å². The number of carboxylic acid groups (broad SMARTS) is 2. The summed E-state index contributed by atoms with van der Waals surface area (Å²) in [5, 5.41) is 25.1. The lowest BCUT2D eigenvalue weighted by atomic mass is 10.0. The van der Waals surface area contributed by atoms with Gasteiger partial charge in [0.05, 0.1) is 18.0 Å². The van der Waals surface area contributed by atoms with Crippen LogP contribution in [0.4, 0.5) is 18.9 Å². The quantitative estimate of drug-likeness (QED) is 0.452. The number of likely N-dealkylation sites (tertiary alicyclic amines) is 1. The highest BCUT2D eigenvalue weighted by atomic mass is 32.1. The number of thiophene rings is 1. The molecule has 0 saturated carbocycles. The van der Waals surface area contributed by atoms with E-state index in [1.807, 2.05) is 21.7 Å². The van der Waals surface area contributed by atoms with Crippen LogP contribution in [0.3, 0.4) is 0 Å². The van der Waals surface area contributed by atoms with Crippen molar-refractivity contribution < 1.29 is 42.3 Å². The van der Waals surface area contributed by atoms with Gasteiger partial charge in [-0.25, -0.2) is 9.59 Å². The molecule has 0 radical (unpaired) electrons. The molecule has 3 N–H and O–H groups in total. The van der Waals surface area contributed by atoms with Gasteiger partial charge in [-0.3, -0.25) is 9.69 Å². The van der Waals surface area contributed by atoms with Crippen LogP contribution in [-0.4, -0.2) is 62.7 Å². The van der Waals surface area contributed by atoms with E-state index in [0.29, 0.717) is 24.8 Å². The number of carboxylic acids is 2. The molecule has 1 saturated heterocycles. The first-order valence-electron chi connectivity index (χ1n) is 9.54. The Bertz CT molecular complexity index is 1150. The monoisotopic (exact) mass is 498 g/mol. The summed E-state index contributed by atoms with van der Waals surface area (Å²) in [7, 11) is 0. The summed E-state index contributed by atoms with van der Waals surface area (Å²) >= 11 is 1.55. The highest BCUT2D eigenvalue weighted by molar-refractivity contribution is 7.08. The van der Waals surface area contributed by atoms with Gasteiger partial charge in [0.15, 0.2) is 0 Å². The number of halogens is 3. The molecule has 1 aliphatic rings. The molecule has 1 fully saturated rings. The fraction of sp³-hybridized carbons (Fsp3) is 0.250.